The second-order valence-corrected chi connectivity index (χ2v) is 11.4. The topological polar surface area (TPSA) is 123 Å². The van der Waals surface area contributed by atoms with Crippen molar-refractivity contribution in [2.45, 2.75) is 11.3 Å². The predicted octanol–water partition coefficient (Wildman–Crippen LogP) is 2.83. The molecule has 1 N–H and O–H groups in total. The third-order valence-electron chi connectivity index (χ3n) is 4.32. The molecule has 0 unspecified atom stereocenters. The van der Waals surface area contributed by atoms with E-state index >= 15 is 0 Å². The number of amides is 1. The van der Waals surface area contributed by atoms with Crippen molar-refractivity contribution in [1.82, 2.24) is 4.98 Å². The van der Waals surface area contributed by atoms with E-state index in [9.17, 15) is 21.6 Å². The van der Waals surface area contributed by atoms with Crippen molar-refractivity contribution < 1.29 is 26.4 Å². The highest BCUT2D eigenvalue weighted by molar-refractivity contribution is 7.94. The average Bonchev–Trinajstić information content (AvgIpc) is 3.19. The Morgan fingerprint density at radius 2 is 2.00 bits per heavy atom. The number of nitrogens with zero attached hydrogens (tertiary/aromatic N) is 2. The zero-order valence-electron chi connectivity index (χ0n) is 15.3. The molecule has 1 aliphatic rings. The van der Waals surface area contributed by atoms with E-state index in [0.29, 0.717) is 19.5 Å². The Hall–Kier alpha value is -2.41. The van der Waals surface area contributed by atoms with Crippen LogP contribution in [0.5, 0.6) is 5.75 Å². The van der Waals surface area contributed by atoms with Gasteiger partial charge in [-0.25, -0.2) is 26.1 Å². The highest BCUT2D eigenvalue weighted by Crippen LogP contribution is 2.35. The molecule has 30 heavy (non-hydrogen) atoms. The lowest BCUT2D eigenvalue weighted by molar-refractivity contribution is -0.116. The van der Waals surface area contributed by atoms with Crippen molar-refractivity contribution in [3.05, 3.63) is 41.4 Å². The Labute approximate surface area is 181 Å². The van der Waals surface area contributed by atoms with Crippen LogP contribution in [0.3, 0.4) is 0 Å². The number of sulfonamides is 2. The summed E-state index contributed by atoms with van der Waals surface area (Å²) in [5.74, 6) is -0.967. The maximum absolute atomic E-state index is 13.0. The summed E-state index contributed by atoms with van der Waals surface area (Å²) in [6.45, 7) is 0. The molecular weight excluding hydrogens is 474 g/mol. The van der Waals surface area contributed by atoms with Gasteiger partial charge in [0, 0.05) is 11.4 Å². The Morgan fingerprint density at radius 1 is 1.23 bits per heavy atom. The molecule has 4 rings (SSSR count). The van der Waals surface area contributed by atoms with Gasteiger partial charge in [-0.1, -0.05) is 22.9 Å². The second kappa shape index (κ2) is 7.38. The van der Waals surface area contributed by atoms with Gasteiger partial charge in [0.2, 0.25) is 15.9 Å². The maximum Gasteiger partial charge on any atom is 0.267 e. The van der Waals surface area contributed by atoms with Crippen LogP contribution in [-0.2, 0) is 24.8 Å². The monoisotopic (exact) mass is 487 g/mol. The number of carbonyl (C=O) groups is 1. The number of methoxy groups -OCH3 is 1. The molecule has 0 bridgehead atoms. The fourth-order valence-electron chi connectivity index (χ4n) is 2.98. The standard InChI is InChI=1S/C17H14ClN3O6S3/c1-27-13-5-3-11(21-16(22)6-7-29(21,23)24)9-15(13)30(25,26)20-17-19-12-4-2-10(18)8-14(12)28-17/h2-5,8-9H,6-7H2,1H3,(H,19,20). The molecule has 0 spiro atoms. The summed E-state index contributed by atoms with van der Waals surface area (Å²) < 4.78 is 59.3. The molecule has 1 fully saturated rings. The van der Waals surface area contributed by atoms with Crippen LogP contribution in [0.4, 0.5) is 10.8 Å². The first-order valence-corrected chi connectivity index (χ1v) is 12.7. The van der Waals surface area contributed by atoms with Gasteiger partial charge in [-0.2, -0.15) is 0 Å². The van der Waals surface area contributed by atoms with Crippen LogP contribution in [0.25, 0.3) is 10.2 Å². The van der Waals surface area contributed by atoms with Gasteiger partial charge in [-0.3, -0.25) is 9.52 Å². The molecule has 0 saturated carbocycles. The third-order valence-corrected chi connectivity index (χ3v) is 8.67. The molecular formula is C17H14ClN3O6S3. The molecule has 1 amide bonds. The van der Waals surface area contributed by atoms with Crippen LogP contribution < -0.4 is 13.8 Å². The van der Waals surface area contributed by atoms with Crippen LogP contribution in [0.15, 0.2) is 41.3 Å². The minimum absolute atomic E-state index is 0.0144. The lowest BCUT2D eigenvalue weighted by Gasteiger charge is -2.17. The van der Waals surface area contributed by atoms with Gasteiger partial charge >= 0.3 is 0 Å². The second-order valence-electron chi connectivity index (χ2n) is 6.30. The van der Waals surface area contributed by atoms with Crippen LogP contribution in [0, 0.1) is 0 Å². The van der Waals surface area contributed by atoms with Gasteiger partial charge in [-0.15, -0.1) is 0 Å². The van der Waals surface area contributed by atoms with Crippen molar-refractivity contribution in [3.63, 3.8) is 0 Å². The largest absolute Gasteiger partial charge is 0.495 e. The summed E-state index contributed by atoms with van der Waals surface area (Å²) in [6.07, 6.45) is -0.164. The number of nitrogens with one attached hydrogen (secondary N) is 1. The fourth-order valence-corrected chi connectivity index (χ4v) is 7.00. The summed E-state index contributed by atoms with van der Waals surface area (Å²) in [6, 6.07) is 8.67. The average molecular weight is 488 g/mol. The molecule has 1 saturated heterocycles. The van der Waals surface area contributed by atoms with Gasteiger partial charge in [-0.05, 0) is 36.4 Å². The van der Waals surface area contributed by atoms with Crippen LogP contribution in [0.2, 0.25) is 5.02 Å². The van der Waals surface area contributed by atoms with Crippen LogP contribution in [-0.4, -0.2) is 40.6 Å². The van der Waals surface area contributed by atoms with Crippen molar-refractivity contribution in [3.8, 4) is 5.75 Å². The minimum Gasteiger partial charge on any atom is -0.495 e. The number of aromatic nitrogens is 1. The number of anilines is 2. The lowest BCUT2D eigenvalue weighted by atomic mass is 10.3. The summed E-state index contributed by atoms with van der Waals surface area (Å²) in [4.78, 5) is 16.0. The number of fused-ring (bicyclic) bond motifs is 1. The van der Waals surface area contributed by atoms with Gasteiger partial charge < -0.3 is 4.74 Å². The van der Waals surface area contributed by atoms with E-state index in [1.165, 1.54) is 19.2 Å². The van der Waals surface area contributed by atoms with E-state index in [1.54, 1.807) is 18.2 Å². The molecule has 3 aromatic rings. The fraction of sp³-hybridized carbons (Fsp3) is 0.176. The zero-order chi connectivity index (χ0) is 21.7. The molecule has 13 heteroatoms. The SMILES string of the molecule is COc1ccc(N2C(=O)CCS2(=O)=O)cc1S(=O)(=O)Nc1nc2ccc(Cl)cc2s1. The Kier molecular flexibility index (Phi) is 5.12. The summed E-state index contributed by atoms with van der Waals surface area (Å²) in [5.41, 5.74) is 0.492. The first kappa shape index (κ1) is 20.8. The molecule has 2 heterocycles. The Bertz CT molecular complexity index is 1380. The molecule has 1 aromatic heterocycles. The number of hydrogen-bond donors (Lipinski definition) is 1. The molecule has 0 aliphatic carbocycles. The van der Waals surface area contributed by atoms with Gasteiger partial charge in [0.05, 0.1) is 28.8 Å². The summed E-state index contributed by atoms with van der Waals surface area (Å²) in [5, 5.41) is 0.594. The number of ether oxygens (including phenoxy) is 1. The number of thiazole rings is 1. The highest BCUT2D eigenvalue weighted by Gasteiger charge is 2.37. The molecule has 2 aromatic carbocycles. The van der Waals surface area contributed by atoms with E-state index in [4.69, 9.17) is 16.3 Å². The van der Waals surface area contributed by atoms with Gasteiger partial charge in [0.15, 0.2) is 5.13 Å². The zero-order valence-corrected chi connectivity index (χ0v) is 18.5. The molecule has 0 radical (unpaired) electrons. The molecule has 9 nitrogen and oxygen atoms in total. The lowest BCUT2D eigenvalue weighted by Crippen LogP contribution is -2.29. The van der Waals surface area contributed by atoms with Crippen LogP contribution in [0.1, 0.15) is 6.42 Å². The van der Waals surface area contributed by atoms with E-state index < -0.39 is 26.0 Å². The number of benzene rings is 2. The van der Waals surface area contributed by atoms with Crippen LogP contribution >= 0.6 is 22.9 Å². The Balaban J connectivity index is 1.76. The number of rotatable bonds is 5. The number of hydrogen-bond acceptors (Lipinski definition) is 8. The van der Waals surface area contributed by atoms with Crippen molar-refractivity contribution in [1.29, 1.82) is 0 Å². The van der Waals surface area contributed by atoms with Gasteiger partial charge in [0.1, 0.15) is 10.6 Å². The Morgan fingerprint density at radius 3 is 2.67 bits per heavy atom. The van der Waals surface area contributed by atoms with Crippen molar-refractivity contribution >= 4 is 69.9 Å². The van der Waals surface area contributed by atoms with Gasteiger partial charge in [0.25, 0.3) is 10.0 Å². The molecule has 158 valence electrons. The summed E-state index contributed by atoms with van der Waals surface area (Å²) >= 11 is 7.04. The van der Waals surface area contributed by atoms with E-state index in [0.717, 1.165) is 17.4 Å². The quantitative estimate of drug-likeness (QED) is 0.587. The minimum atomic E-state index is -4.21. The molecule has 1 aliphatic heterocycles. The van der Waals surface area contributed by atoms with Crippen molar-refractivity contribution in [2.24, 2.45) is 0 Å². The third kappa shape index (κ3) is 3.71. The molecule has 0 atom stereocenters. The maximum atomic E-state index is 13.0. The van der Waals surface area contributed by atoms with E-state index in [1.807, 2.05) is 0 Å². The highest BCUT2D eigenvalue weighted by atomic mass is 35.5. The van der Waals surface area contributed by atoms with E-state index in [-0.39, 0.29) is 33.6 Å². The smallest absolute Gasteiger partial charge is 0.267 e. The van der Waals surface area contributed by atoms with E-state index in [2.05, 4.69) is 9.71 Å². The normalized spacial score (nSPS) is 16.2. The summed E-state index contributed by atoms with van der Waals surface area (Å²) in [7, 11) is -6.78. The first-order valence-electron chi connectivity index (χ1n) is 8.43. The predicted molar refractivity (Wildman–Crippen MR) is 114 cm³/mol. The van der Waals surface area contributed by atoms with Crippen molar-refractivity contribution in [2.75, 3.05) is 21.9 Å². The number of carbonyl (C=O) groups excluding carboxylic acids is 1. The first-order chi connectivity index (χ1) is 14.1. The number of halogens is 1.